The van der Waals surface area contributed by atoms with E-state index >= 15 is 0 Å². The fourth-order valence-electron chi connectivity index (χ4n) is 4.33. The molecule has 0 aliphatic carbocycles. The van der Waals surface area contributed by atoms with Gasteiger partial charge in [0.1, 0.15) is 24.5 Å². The lowest BCUT2D eigenvalue weighted by molar-refractivity contribution is -0.383. The first-order valence-corrected chi connectivity index (χ1v) is 16.9. The number of aryl methyl sites for hydroxylation is 2. The molecular weight excluding hydrogens is 783 g/mol. The van der Waals surface area contributed by atoms with Gasteiger partial charge in [-0.05, 0) is 36.1 Å². The molecule has 0 fully saturated rings. The summed E-state index contributed by atoms with van der Waals surface area (Å²) in [6.07, 6.45) is 1.18. The number of aromatic nitrogens is 2. The molecule has 2 N–H and O–H groups in total. The third-order valence-corrected chi connectivity index (χ3v) is 7.82. The molecule has 11 nitrogen and oxygen atoms in total. The van der Waals surface area contributed by atoms with Gasteiger partial charge in [0, 0.05) is 20.2 Å². The molecule has 3 rings (SSSR count). The summed E-state index contributed by atoms with van der Waals surface area (Å²) in [4.78, 5) is 35.1. The van der Waals surface area contributed by atoms with E-state index in [1.165, 1.54) is 4.90 Å². The highest BCUT2D eigenvalue weighted by Crippen LogP contribution is 2.39. The van der Waals surface area contributed by atoms with Gasteiger partial charge < -0.3 is 15.4 Å². The van der Waals surface area contributed by atoms with Gasteiger partial charge in [0.15, 0.2) is 4.84 Å². The maximum absolute atomic E-state index is 12.6. The Balaban J connectivity index is 0.000000398. The van der Waals surface area contributed by atoms with Gasteiger partial charge in [-0.1, -0.05) is 90.6 Å². The minimum Gasteiger partial charge on any atom is -0.378 e. The van der Waals surface area contributed by atoms with Crippen molar-refractivity contribution >= 4 is 87.0 Å². The fourth-order valence-corrected chi connectivity index (χ4v) is 5.40. The molecule has 0 saturated heterocycles. The van der Waals surface area contributed by atoms with Crippen LogP contribution in [0, 0.1) is 10.1 Å². The van der Waals surface area contributed by atoms with Gasteiger partial charge in [0.2, 0.25) is 11.7 Å². The molecule has 3 aromatic rings. The predicted octanol–water partition coefficient (Wildman–Crippen LogP) is 8.67. The van der Waals surface area contributed by atoms with Crippen LogP contribution in [-0.2, 0) is 33.3 Å². The van der Waals surface area contributed by atoms with Gasteiger partial charge >= 0.3 is 11.9 Å². The second-order valence-corrected chi connectivity index (χ2v) is 12.2. The van der Waals surface area contributed by atoms with E-state index in [4.69, 9.17) is 68.5 Å². The van der Waals surface area contributed by atoms with Crippen molar-refractivity contribution < 1.29 is 32.4 Å². The third-order valence-electron chi connectivity index (χ3n) is 6.64. The zero-order chi connectivity index (χ0) is 39.1. The van der Waals surface area contributed by atoms with Crippen molar-refractivity contribution in [2.45, 2.75) is 37.7 Å². The molecule has 0 spiro atoms. The van der Waals surface area contributed by atoms with Crippen LogP contribution in [0.5, 0.6) is 0 Å². The van der Waals surface area contributed by atoms with Crippen LogP contribution in [0.25, 0.3) is 5.69 Å². The van der Waals surface area contributed by atoms with Crippen LogP contribution in [0.15, 0.2) is 61.8 Å². The highest BCUT2D eigenvalue weighted by Gasteiger charge is 2.33. The van der Waals surface area contributed by atoms with Crippen molar-refractivity contribution in [1.82, 2.24) is 14.7 Å². The van der Waals surface area contributed by atoms with Crippen LogP contribution in [0.2, 0.25) is 10.0 Å². The third kappa shape index (κ3) is 12.9. The highest BCUT2D eigenvalue weighted by molar-refractivity contribution is 6.53. The average Bonchev–Trinajstić information content (AvgIpc) is 3.46. The second kappa shape index (κ2) is 21.7. The molecule has 0 atom stereocenters. The predicted molar refractivity (Wildman–Crippen MR) is 197 cm³/mol. The van der Waals surface area contributed by atoms with Crippen molar-refractivity contribution in [1.29, 1.82) is 0 Å². The van der Waals surface area contributed by atoms with E-state index in [1.54, 1.807) is 24.2 Å². The molecule has 280 valence electrons. The van der Waals surface area contributed by atoms with Crippen molar-refractivity contribution in [3.05, 3.63) is 98.7 Å². The summed E-state index contributed by atoms with van der Waals surface area (Å²) in [5.74, 6) is -0.888. The highest BCUT2D eigenvalue weighted by atomic mass is 35.5. The number of amides is 2. The number of nitrogen functional groups attached to an aromatic ring is 1. The number of nitro groups is 1. The average molecular weight is 819 g/mol. The maximum Gasteiger partial charge on any atom is 0.416 e. The van der Waals surface area contributed by atoms with E-state index in [0.717, 1.165) is 40.5 Å². The molecule has 2 aromatic carbocycles. The Hall–Kier alpha value is -3.53. The van der Waals surface area contributed by atoms with Crippen LogP contribution < -0.4 is 10.6 Å². The first kappa shape index (κ1) is 45.5. The minimum atomic E-state index is -4.63. The standard InChI is InChI=1S/C14H20ClNO2.C10H5Cl2F3N4O2.C8H11Cl2NO/c1-4-11-7-6-8-12(5-2)14(11)16(10-18-3)13(17)9-15;11-5-1-4(10(13,14)15)2-6(12)8(5)18-9(16)7(3-17-18)19(20)21;1-3-5-11(6-4-2)8(12)7(9)10/h6-8H,4-5,9-10H2,1-3H3;1-3H,16H2;3-4,7H,1-2,5-6H2. The van der Waals surface area contributed by atoms with Crippen LogP contribution in [0.4, 0.5) is 30.4 Å². The Labute approximate surface area is 318 Å². The summed E-state index contributed by atoms with van der Waals surface area (Å²) >= 11 is 28.0. The monoisotopic (exact) mass is 816 g/mol. The molecule has 51 heavy (non-hydrogen) atoms. The second-order valence-electron chi connectivity index (χ2n) is 10.00. The Morgan fingerprint density at radius 3 is 1.96 bits per heavy atom. The van der Waals surface area contributed by atoms with Crippen LogP contribution >= 0.6 is 58.0 Å². The Morgan fingerprint density at radius 2 is 1.61 bits per heavy atom. The lowest BCUT2D eigenvalue weighted by Gasteiger charge is -2.26. The summed E-state index contributed by atoms with van der Waals surface area (Å²) in [7, 11) is 1.58. The molecule has 2 amide bonds. The summed E-state index contributed by atoms with van der Waals surface area (Å²) < 4.78 is 43.8. The SMILES string of the molecule is C=CCN(CC=C)C(=O)C(Cl)Cl.CCc1cccc(CC)c1N(COC)C(=O)CCl.Nc1c([N+](=O)[O-])cnn1-c1c(Cl)cc(C(F)(F)F)cc1Cl. The smallest absolute Gasteiger partial charge is 0.378 e. The Kier molecular flexibility index (Phi) is 19.4. The van der Waals surface area contributed by atoms with Crippen molar-refractivity contribution in [2.24, 2.45) is 0 Å². The number of anilines is 2. The fraction of sp³-hybridized carbons (Fsp3) is 0.344. The number of rotatable bonds is 13. The van der Waals surface area contributed by atoms with Gasteiger partial charge in [-0.15, -0.1) is 24.8 Å². The van der Waals surface area contributed by atoms with Gasteiger partial charge in [0.25, 0.3) is 5.91 Å². The summed E-state index contributed by atoms with van der Waals surface area (Å²) in [5, 5.41) is 13.5. The number of para-hydroxylation sites is 1. The van der Waals surface area contributed by atoms with Crippen molar-refractivity contribution in [3.8, 4) is 5.69 Å². The number of carbonyl (C=O) groups excluding carboxylic acids is 2. The van der Waals surface area contributed by atoms with E-state index < -0.39 is 33.0 Å². The molecule has 0 aliphatic heterocycles. The molecule has 1 heterocycles. The topological polar surface area (TPSA) is 137 Å². The Bertz CT molecular complexity index is 1620. The number of benzene rings is 2. The van der Waals surface area contributed by atoms with E-state index in [9.17, 15) is 32.9 Å². The Morgan fingerprint density at radius 1 is 1.10 bits per heavy atom. The van der Waals surface area contributed by atoms with E-state index in [1.807, 2.05) is 18.2 Å². The molecular formula is C32H36Cl5F3N6O5. The minimum absolute atomic E-state index is 0.0371. The van der Waals surface area contributed by atoms with E-state index in [2.05, 4.69) is 32.1 Å². The van der Waals surface area contributed by atoms with Gasteiger partial charge in [0.05, 0.1) is 26.2 Å². The molecule has 19 heteroatoms. The number of nitrogens with zero attached hydrogens (tertiary/aromatic N) is 5. The van der Waals surface area contributed by atoms with Gasteiger partial charge in [-0.25, -0.2) is 4.68 Å². The van der Waals surface area contributed by atoms with E-state index in [0.29, 0.717) is 25.2 Å². The number of methoxy groups -OCH3 is 1. The lowest BCUT2D eigenvalue weighted by Crippen LogP contribution is -2.35. The summed E-state index contributed by atoms with van der Waals surface area (Å²) in [6.45, 7) is 12.3. The summed E-state index contributed by atoms with van der Waals surface area (Å²) in [5.41, 5.74) is 7.02. The molecule has 0 aliphatic rings. The maximum atomic E-state index is 12.6. The quantitative estimate of drug-likeness (QED) is 0.0600. The van der Waals surface area contributed by atoms with Crippen LogP contribution in [-0.4, -0.2) is 69.1 Å². The summed E-state index contributed by atoms with van der Waals surface area (Å²) in [6, 6.07) is 7.38. The zero-order valence-electron chi connectivity index (χ0n) is 27.7. The normalized spacial score (nSPS) is 10.7. The number of hydrogen-bond donors (Lipinski definition) is 1. The number of hydrogen-bond acceptors (Lipinski definition) is 7. The molecule has 0 radical (unpaired) electrons. The van der Waals surface area contributed by atoms with Gasteiger partial charge in [-0.2, -0.15) is 18.3 Å². The van der Waals surface area contributed by atoms with Crippen molar-refractivity contribution in [2.75, 3.05) is 43.4 Å². The number of ether oxygens (including phenoxy) is 1. The largest absolute Gasteiger partial charge is 0.416 e. The first-order chi connectivity index (χ1) is 23.9. The number of nitrogens with two attached hydrogens (primary N) is 1. The van der Waals surface area contributed by atoms with Gasteiger partial charge in [-0.3, -0.25) is 24.6 Å². The number of halogens is 8. The van der Waals surface area contributed by atoms with Crippen molar-refractivity contribution in [3.63, 3.8) is 0 Å². The van der Waals surface area contributed by atoms with Crippen LogP contribution in [0.1, 0.15) is 30.5 Å². The zero-order valence-corrected chi connectivity index (χ0v) is 31.5. The molecule has 0 saturated carbocycles. The number of carbonyl (C=O) groups is 2. The number of alkyl halides is 6. The lowest BCUT2D eigenvalue weighted by atomic mass is 10.0. The molecule has 0 bridgehead atoms. The molecule has 0 unspecified atom stereocenters. The van der Waals surface area contributed by atoms with Crippen LogP contribution in [0.3, 0.4) is 0 Å². The molecule has 1 aromatic heterocycles. The van der Waals surface area contributed by atoms with E-state index in [-0.39, 0.29) is 40.2 Å². The first-order valence-electron chi connectivity index (χ1n) is 14.7.